The van der Waals surface area contributed by atoms with Crippen LogP contribution in [-0.2, 0) is 25.5 Å². The monoisotopic (exact) mass is 562 g/mol. The van der Waals surface area contributed by atoms with Gasteiger partial charge in [-0.25, -0.2) is 0 Å². The maximum atomic E-state index is 13.1. The fourth-order valence-corrected chi connectivity index (χ4v) is 10.2. The molecule has 0 aliphatic heterocycles. The van der Waals surface area contributed by atoms with E-state index in [4.69, 9.17) is 25.7 Å². The lowest BCUT2D eigenvalue weighted by Gasteiger charge is -2.08. The minimum absolute atomic E-state index is 0.0906. The first-order chi connectivity index (χ1) is 13.8. The Bertz CT molecular complexity index is 1030. The van der Waals surface area contributed by atoms with Crippen LogP contribution in [-0.4, -0.2) is 8.42 Å². The molecule has 153 valence electrons. The van der Waals surface area contributed by atoms with Gasteiger partial charge in [0, 0.05) is 5.02 Å². The zero-order chi connectivity index (χ0) is 21.0. The highest BCUT2D eigenvalue weighted by atomic mass is 127. The summed E-state index contributed by atoms with van der Waals surface area (Å²) in [5.74, 6) is 0. The van der Waals surface area contributed by atoms with Crippen LogP contribution in [0.5, 0.6) is 0 Å². The highest BCUT2D eigenvalue weighted by Gasteiger charge is 2.38. The minimum Gasteiger partial charge on any atom is -0.190 e. The van der Waals surface area contributed by atoms with Gasteiger partial charge in [-0.3, -0.25) is 0 Å². The molecular formula is C22H21Cl2IO3S+. The van der Waals surface area contributed by atoms with Gasteiger partial charge in [-0.05, 0) is 68.9 Å². The molecule has 0 bridgehead atoms. The Hall–Kier alpha value is -1.12. The second kappa shape index (κ2) is 9.79. The van der Waals surface area contributed by atoms with Gasteiger partial charge in [0.05, 0.1) is 5.02 Å². The Morgan fingerprint density at radius 3 is 1.72 bits per heavy atom. The molecule has 0 aromatic heterocycles. The Morgan fingerprint density at radius 1 is 0.793 bits per heavy atom. The second-order valence-corrected chi connectivity index (χ2v) is 13.6. The van der Waals surface area contributed by atoms with Gasteiger partial charge in [0.25, 0.3) is 0 Å². The van der Waals surface area contributed by atoms with Crippen LogP contribution in [0.15, 0.2) is 71.6 Å². The molecule has 7 heteroatoms. The van der Waals surface area contributed by atoms with E-state index >= 15 is 0 Å². The summed E-state index contributed by atoms with van der Waals surface area (Å²) in [5, 5.41) is 0.379. The van der Waals surface area contributed by atoms with Crippen molar-refractivity contribution in [1.82, 2.24) is 0 Å². The summed E-state index contributed by atoms with van der Waals surface area (Å²) >= 11 is 9.37. The summed E-state index contributed by atoms with van der Waals surface area (Å²) in [6.45, 7) is 4.16. The molecule has 29 heavy (non-hydrogen) atoms. The lowest BCUT2D eigenvalue weighted by molar-refractivity contribution is -1.03. The standard InChI is InChI=1S/C22H21Cl2IO3S/c1-3-16-5-10-19(11-6-16)25(20-12-7-17(4-2)8-13-20)28-29(26,27)22-15-18(23)9-14-21(22)24/h5-15H,3-4H2,1-2H3/q+1. The highest BCUT2D eigenvalue weighted by Crippen LogP contribution is 2.25. The molecule has 0 aliphatic carbocycles. The van der Waals surface area contributed by atoms with Crippen LogP contribution in [0.25, 0.3) is 0 Å². The Labute approximate surface area is 190 Å². The summed E-state index contributed by atoms with van der Waals surface area (Å²) in [5.41, 5.74) is 2.37. The molecule has 0 N–H and O–H groups in total. The molecule has 1 radical (unpaired) electrons. The van der Waals surface area contributed by atoms with E-state index in [9.17, 15) is 8.42 Å². The van der Waals surface area contributed by atoms with Gasteiger partial charge >= 0.3 is 30.4 Å². The van der Waals surface area contributed by atoms with E-state index in [0.29, 0.717) is 0 Å². The molecular weight excluding hydrogens is 542 g/mol. The van der Waals surface area contributed by atoms with E-state index in [1.165, 1.54) is 23.3 Å². The van der Waals surface area contributed by atoms with Gasteiger partial charge in [0.15, 0.2) is 7.14 Å². The lowest BCUT2D eigenvalue weighted by atomic mass is 10.2. The predicted octanol–water partition coefficient (Wildman–Crippen LogP) is 3.10. The molecule has 0 aliphatic rings. The number of benzene rings is 3. The van der Waals surface area contributed by atoms with Gasteiger partial charge < -0.3 is 0 Å². The minimum atomic E-state index is -4.09. The average Bonchev–Trinajstić information content (AvgIpc) is 2.74. The zero-order valence-corrected chi connectivity index (χ0v) is 20.5. The Kier molecular flexibility index (Phi) is 7.62. The molecule has 3 rings (SSSR count). The van der Waals surface area contributed by atoms with Crippen LogP contribution in [0, 0.1) is 7.14 Å². The quantitative estimate of drug-likeness (QED) is 0.416. The van der Waals surface area contributed by atoms with Gasteiger partial charge in [-0.1, -0.05) is 61.3 Å². The first kappa shape index (κ1) is 22.6. The first-order valence-electron chi connectivity index (χ1n) is 9.12. The molecule has 0 heterocycles. The molecule has 0 fully saturated rings. The SMILES string of the molecule is CCc1ccc([I+](OS(=O)(=O)c2cc(Cl)ccc2Cl)c2ccc(CC)cc2)cc1. The van der Waals surface area contributed by atoms with Crippen molar-refractivity contribution in [2.24, 2.45) is 0 Å². The number of aryl methyl sites for hydroxylation is 2. The molecule has 3 aromatic carbocycles. The van der Waals surface area contributed by atoms with Crippen LogP contribution in [0.2, 0.25) is 10.0 Å². The summed E-state index contributed by atoms with van der Waals surface area (Å²) < 4.78 is 33.8. The maximum absolute atomic E-state index is 13.1. The van der Waals surface area contributed by atoms with Crippen molar-refractivity contribution in [1.29, 1.82) is 0 Å². The van der Waals surface area contributed by atoms with Crippen LogP contribution in [0.4, 0.5) is 0 Å². The number of hydrogen-bond donors (Lipinski definition) is 0. The topological polar surface area (TPSA) is 43.4 Å². The van der Waals surface area contributed by atoms with Crippen molar-refractivity contribution < 1.29 is 31.2 Å². The zero-order valence-electron chi connectivity index (χ0n) is 16.0. The van der Waals surface area contributed by atoms with E-state index in [1.807, 2.05) is 48.5 Å². The molecule has 0 atom stereocenters. The summed E-state index contributed by atoms with van der Waals surface area (Å²) in [6.07, 6.45) is 1.83. The fourth-order valence-electron chi connectivity index (χ4n) is 2.65. The van der Waals surface area contributed by atoms with Crippen molar-refractivity contribution in [3.63, 3.8) is 0 Å². The lowest BCUT2D eigenvalue weighted by Crippen LogP contribution is -3.85. The summed E-state index contributed by atoms with van der Waals surface area (Å²) in [4.78, 5) is -0.107. The van der Waals surface area contributed by atoms with E-state index < -0.39 is 30.4 Å². The Balaban J connectivity index is 2.05. The van der Waals surface area contributed by atoms with Crippen molar-refractivity contribution in [2.75, 3.05) is 0 Å². The summed E-state index contributed by atoms with van der Waals surface area (Å²) in [7, 11) is -4.09. The molecule has 0 spiro atoms. The Morgan fingerprint density at radius 2 is 1.28 bits per heavy atom. The maximum Gasteiger partial charge on any atom is 0.337 e. The van der Waals surface area contributed by atoms with Gasteiger partial charge in [0.2, 0.25) is 0 Å². The molecule has 0 saturated heterocycles. The van der Waals surface area contributed by atoms with Crippen LogP contribution in [0.1, 0.15) is 25.0 Å². The second-order valence-electron chi connectivity index (χ2n) is 6.30. The van der Waals surface area contributed by atoms with Gasteiger partial charge in [0.1, 0.15) is 4.90 Å². The van der Waals surface area contributed by atoms with Crippen molar-refractivity contribution in [3.05, 3.63) is 95.0 Å². The summed E-state index contributed by atoms with van der Waals surface area (Å²) in [6, 6.07) is 20.3. The van der Waals surface area contributed by atoms with E-state index in [1.54, 1.807) is 6.07 Å². The molecule has 3 aromatic rings. The third kappa shape index (κ3) is 5.52. The van der Waals surface area contributed by atoms with E-state index in [-0.39, 0.29) is 14.9 Å². The molecule has 0 amide bonds. The van der Waals surface area contributed by atoms with Crippen molar-refractivity contribution in [2.45, 2.75) is 31.6 Å². The smallest absolute Gasteiger partial charge is 0.190 e. The van der Waals surface area contributed by atoms with Crippen LogP contribution < -0.4 is 20.2 Å². The van der Waals surface area contributed by atoms with Gasteiger partial charge in [-0.2, -0.15) is 8.42 Å². The number of rotatable bonds is 7. The fraction of sp³-hybridized carbons (Fsp3) is 0.182. The third-order valence-electron chi connectivity index (χ3n) is 4.35. The normalized spacial score (nSPS) is 11.8. The van der Waals surface area contributed by atoms with Crippen LogP contribution >= 0.6 is 23.2 Å². The number of halogens is 3. The first-order valence-corrected chi connectivity index (χ1v) is 14.3. The largest absolute Gasteiger partial charge is 0.337 e. The predicted molar refractivity (Wildman–Crippen MR) is 114 cm³/mol. The van der Waals surface area contributed by atoms with Crippen molar-refractivity contribution in [3.8, 4) is 0 Å². The molecule has 0 saturated carbocycles. The van der Waals surface area contributed by atoms with Crippen LogP contribution in [0.3, 0.4) is 0 Å². The van der Waals surface area contributed by atoms with E-state index in [0.717, 1.165) is 20.0 Å². The average molecular weight is 563 g/mol. The van der Waals surface area contributed by atoms with E-state index in [2.05, 4.69) is 13.8 Å². The third-order valence-corrected chi connectivity index (χ3v) is 12.4. The van der Waals surface area contributed by atoms with Crippen molar-refractivity contribution >= 4 is 33.3 Å². The van der Waals surface area contributed by atoms with Gasteiger partial charge in [-0.15, -0.1) is 0 Å². The molecule has 3 nitrogen and oxygen atoms in total. The number of hydrogen-bond acceptors (Lipinski definition) is 3. The highest BCUT2D eigenvalue weighted by molar-refractivity contribution is 7.86. The molecule has 0 unspecified atom stereocenters.